The van der Waals surface area contributed by atoms with E-state index in [2.05, 4.69) is 28.8 Å². The molecule has 1 aromatic carbocycles. The highest BCUT2D eigenvalue weighted by Gasteiger charge is 2.24. The first-order valence-electron chi connectivity index (χ1n) is 7.50. The lowest BCUT2D eigenvalue weighted by Crippen LogP contribution is -2.49. The number of aliphatic carboxylic acids is 1. The summed E-state index contributed by atoms with van der Waals surface area (Å²) in [6, 6.07) is 5.42. The highest BCUT2D eigenvalue weighted by Crippen LogP contribution is 2.23. The van der Waals surface area contributed by atoms with Crippen molar-refractivity contribution in [2.45, 2.75) is 51.3 Å². The topological polar surface area (TPSA) is 81.6 Å². The Morgan fingerprint density at radius 3 is 2.86 bits per heavy atom. The van der Waals surface area contributed by atoms with Gasteiger partial charge in [0, 0.05) is 18.3 Å². The second-order valence-electron chi connectivity index (χ2n) is 5.85. The summed E-state index contributed by atoms with van der Waals surface area (Å²) in [5.74, 6) is -1.02. The third kappa shape index (κ3) is 4.19. The molecule has 0 saturated carbocycles. The smallest absolute Gasteiger partial charge is 0.323 e. The molecule has 4 N–H and O–H groups in total. The molecule has 2 rings (SSSR count). The number of carbonyl (C=O) groups is 1. The van der Waals surface area contributed by atoms with E-state index < -0.39 is 18.1 Å². The first-order valence-corrected chi connectivity index (χ1v) is 7.50. The number of carboxylic acid groups (broad SMARTS) is 1. The van der Waals surface area contributed by atoms with Crippen LogP contribution in [0.15, 0.2) is 18.2 Å². The maximum Gasteiger partial charge on any atom is 0.323 e. The molecule has 0 bridgehead atoms. The van der Waals surface area contributed by atoms with Gasteiger partial charge in [-0.1, -0.05) is 12.1 Å². The van der Waals surface area contributed by atoms with E-state index in [0.717, 1.165) is 25.8 Å². The molecule has 0 fully saturated rings. The van der Waals surface area contributed by atoms with Crippen molar-refractivity contribution in [2.75, 3.05) is 11.9 Å². The van der Waals surface area contributed by atoms with Gasteiger partial charge in [-0.2, -0.15) is 0 Å². The van der Waals surface area contributed by atoms with Gasteiger partial charge in [-0.15, -0.1) is 0 Å². The van der Waals surface area contributed by atoms with Gasteiger partial charge in [-0.05, 0) is 50.3 Å². The van der Waals surface area contributed by atoms with Gasteiger partial charge < -0.3 is 15.5 Å². The first-order chi connectivity index (χ1) is 9.97. The minimum Gasteiger partial charge on any atom is -0.480 e. The Labute approximate surface area is 125 Å². The molecule has 21 heavy (non-hydrogen) atoms. The third-order valence-electron chi connectivity index (χ3n) is 3.86. The van der Waals surface area contributed by atoms with Crippen molar-refractivity contribution >= 4 is 11.7 Å². The van der Waals surface area contributed by atoms with Crippen LogP contribution < -0.4 is 10.6 Å². The summed E-state index contributed by atoms with van der Waals surface area (Å²) < 4.78 is 0. The summed E-state index contributed by atoms with van der Waals surface area (Å²) in [4.78, 5) is 11.1. The number of aliphatic hydroxyl groups is 1. The minimum absolute atomic E-state index is 0.0182. The predicted octanol–water partition coefficient (Wildman–Crippen LogP) is 1.40. The van der Waals surface area contributed by atoms with Crippen LogP contribution in [-0.2, 0) is 17.6 Å². The zero-order valence-corrected chi connectivity index (χ0v) is 12.6. The molecule has 0 saturated heterocycles. The van der Waals surface area contributed by atoms with E-state index in [1.807, 2.05) is 6.92 Å². The van der Waals surface area contributed by atoms with Gasteiger partial charge in [0.25, 0.3) is 0 Å². The molecule has 0 radical (unpaired) electrons. The maximum atomic E-state index is 11.1. The highest BCUT2D eigenvalue weighted by molar-refractivity contribution is 5.74. The molecule has 5 nitrogen and oxygen atoms in total. The molecule has 1 aromatic rings. The number of nitrogens with one attached hydrogen (secondary N) is 2. The zero-order valence-electron chi connectivity index (χ0n) is 12.6. The highest BCUT2D eigenvalue weighted by atomic mass is 16.4. The number of carboxylic acids is 1. The summed E-state index contributed by atoms with van der Waals surface area (Å²) >= 11 is 0. The van der Waals surface area contributed by atoms with Gasteiger partial charge in [-0.25, -0.2) is 0 Å². The molecule has 3 atom stereocenters. The molecular formula is C16H24N2O3. The molecular weight excluding hydrogens is 268 g/mol. The first kappa shape index (κ1) is 15.8. The van der Waals surface area contributed by atoms with Crippen molar-refractivity contribution in [3.8, 4) is 0 Å². The summed E-state index contributed by atoms with van der Waals surface area (Å²) in [6.07, 6.45) is 2.05. The maximum absolute atomic E-state index is 11.1. The normalized spacial score (nSPS) is 18.2. The Bertz CT molecular complexity index is 502. The Morgan fingerprint density at radius 2 is 2.19 bits per heavy atom. The van der Waals surface area contributed by atoms with Gasteiger partial charge in [0.05, 0.1) is 6.10 Å². The number of hydrogen-bond donors (Lipinski definition) is 4. The van der Waals surface area contributed by atoms with Crippen LogP contribution in [0.2, 0.25) is 0 Å². The Balaban J connectivity index is 1.99. The monoisotopic (exact) mass is 292 g/mol. The Kier molecular flexibility index (Phi) is 5.20. The van der Waals surface area contributed by atoms with Gasteiger partial charge in [0.1, 0.15) is 6.04 Å². The molecule has 0 aliphatic carbocycles. The number of hydrogen-bond acceptors (Lipinski definition) is 4. The molecule has 0 spiro atoms. The average Bonchev–Trinajstić information content (AvgIpc) is 2.44. The Hall–Kier alpha value is -1.59. The van der Waals surface area contributed by atoms with Crippen LogP contribution in [0.3, 0.4) is 0 Å². The fourth-order valence-electron chi connectivity index (χ4n) is 2.79. The second kappa shape index (κ2) is 6.91. The van der Waals surface area contributed by atoms with Crippen LogP contribution >= 0.6 is 0 Å². The summed E-state index contributed by atoms with van der Waals surface area (Å²) in [6.45, 7) is 4.46. The molecule has 0 aromatic heterocycles. The van der Waals surface area contributed by atoms with Crippen LogP contribution in [0.25, 0.3) is 0 Å². The fourth-order valence-corrected chi connectivity index (χ4v) is 2.79. The van der Waals surface area contributed by atoms with E-state index in [1.165, 1.54) is 23.7 Å². The zero-order chi connectivity index (χ0) is 15.4. The van der Waals surface area contributed by atoms with E-state index >= 15 is 0 Å². The lowest BCUT2D eigenvalue weighted by atomic mass is 9.97. The number of aliphatic hydroxyl groups excluding tert-OH is 1. The van der Waals surface area contributed by atoms with Gasteiger partial charge in [0.2, 0.25) is 0 Å². The lowest BCUT2D eigenvalue weighted by Gasteiger charge is -2.23. The van der Waals surface area contributed by atoms with Crippen LogP contribution in [0, 0.1) is 0 Å². The third-order valence-corrected chi connectivity index (χ3v) is 3.86. The van der Waals surface area contributed by atoms with Crippen LogP contribution in [0.5, 0.6) is 0 Å². The molecule has 1 aliphatic rings. The van der Waals surface area contributed by atoms with Crippen molar-refractivity contribution in [1.82, 2.24) is 5.32 Å². The van der Waals surface area contributed by atoms with Gasteiger partial charge in [-0.3, -0.25) is 10.1 Å². The second-order valence-corrected chi connectivity index (χ2v) is 5.85. The van der Waals surface area contributed by atoms with Gasteiger partial charge in [0.15, 0.2) is 0 Å². The summed E-state index contributed by atoms with van der Waals surface area (Å²) in [5, 5.41) is 24.9. The molecule has 5 heteroatoms. The van der Waals surface area contributed by atoms with Crippen molar-refractivity contribution in [3.05, 3.63) is 29.3 Å². The van der Waals surface area contributed by atoms with E-state index in [1.54, 1.807) is 0 Å². The molecule has 0 amide bonds. The molecule has 1 aliphatic heterocycles. The summed E-state index contributed by atoms with van der Waals surface area (Å²) in [7, 11) is 0. The summed E-state index contributed by atoms with van der Waals surface area (Å²) in [5.41, 5.74) is 3.72. The largest absolute Gasteiger partial charge is 0.480 e. The van der Waals surface area contributed by atoms with E-state index in [4.69, 9.17) is 5.11 Å². The SMILES string of the molecule is CC(Cc1ccc2c(c1)CCCN2)NC(C(=O)O)C(C)O. The average molecular weight is 292 g/mol. The van der Waals surface area contributed by atoms with E-state index in [9.17, 15) is 9.90 Å². The predicted molar refractivity (Wildman–Crippen MR) is 82.7 cm³/mol. The van der Waals surface area contributed by atoms with Crippen molar-refractivity contribution in [2.24, 2.45) is 0 Å². The van der Waals surface area contributed by atoms with E-state index in [0.29, 0.717) is 0 Å². The van der Waals surface area contributed by atoms with Crippen molar-refractivity contribution < 1.29 is 15.0 Å². The number of benzene rings is 1. The van der Waals surface area contributed by atoms with Crippen molar-refractivity contribution in [3.63, 3.8) is 0 Å². The molecule has 116 valence electrons. The fraction of sp³-hybridized carbons (Fsp3) is 0.562. The standard InChI is InChI=1S/C16H24N2O3/c1-10(18-15(11(2)19)16(20)21)8-12-5-6-14-13(9-12)4-3-7-17-14/h5-6,9-11,15,17-19H,3-4,7-8H2,1-2H3,(H,20,21). The van der Waals surface area contributed by atoms with Crippen LogP contribution in [0.1, 0.15) is 31.4 Å². The minimum atomic E-state index is -1.02. The van der Waals surface area contributed by atoms with Crippen LogP contribution in [0.4, 0.5) is 5.69 Å². The molecule has 1 heterocycles. The number of rotatable bonds is 6. The van der Waals surface area contributed by atoms with E-state index in [-0.39, 0.29) is 6.04 Å². The van der Waals surface area contributed by atoms with Crippen LogP contribution in [-0.4, -0.2) is 40.9 Å². The molecule has 3 unspecified atom stereocenters. The lowest BCUT2D eigenvalue weighted by molar-refractivity contribution is -0.142. The number of aryl methyl sites for hydroxylation is 1. The Morgan fingerprint density at radius 1 is 1.43 bits per heavy atom. The number of fused-ring (bicyclic) bond motifs is 1. The number of anilines is 1. The van der Waals surface area contributed by atoms with Crippen molar-refractivity contribution in [1.29, 1.82) is 0 Å². The quantitative estimate of drug-likeness (QED) is 0.637. The van der Waals surface area contributed by atoms with Gasteiger partial charge >= 0.3 is 5.97 Å².